The van der Waals surface area contributed by atoms with Crippen molar-refractivity contribution in [2.45, 2.75) is 65.0 Å². The monoisotopic (exact) mass is 213 g/mol. The molecule has 90 valence electrons. The smallest absolute Gasteiger partial charge is 0.0625 e. The summed E-state index contributed by atoms with van der Waals surface area (Å²) in [4.78, 5) is 0. The maximum absolute atomic E-state index is 5.75. The van der Waals surface area contributed by atoms with Crippen LogP contribution in [0.3, 0.4) is 0 Å². The molecule has 0 spiro atoms. The van der Waals surface area contributed by atoms with Gasteiger partial charge >= 0.3 is 0 Å². The predicted octanol–water partition coefficient (Wildman–Crippen LogP) is 2.97. The van der Waals surface area contributed by atoms with E-state index >= 15 is 0 Å². The molecule has 1 rings (SSSR count). The van der Waals surface area contributed by atoms with Crippen LogP contribution in [0.2, 0.25) is 0 Å². The van der Waals surface area contributed by atoms with E-state index in [0.717, 1.165) is 19.1 Å². The first-order valence-corrected chi connectivity index (χ1v) is 6.59. The van der Waals surface area contributed by atoms with E-state index < -0.39 is 0 Å². The summed E-state index contributed by atoms with van der Waals surface area (Å²) in [5, 5.41) is 3.64. The van der Waals surface area contributed by atoms with E-state index in [0.29, 0.717) is 12.1 Å². The van der Waals surface area contributed by atoms with E-state index in [2.05, 4.69) is 26.1 Å². The zero-order valence-corrected chi connectivity index (χ0v) is 10.6. The highest BCUT2D eigenvalue weighted by molar-refractivity contribution is 4.80. The summed E-state index contributed by atoms with van der Waals surface area (Å²) in [5.41, 5.74) is 0. The van der Waals surface area contributed by atoms with Gasteiger partial charge in [-0.25, -0.2) is 0 Å². The van der Waals surface area contributed by atoms with E-state index in [9.17, 15) is 0 Å². The Morgan fingerprint density at radius 1 is 1.27 bits per heavy atom. The third kappa shape index (κ3) is 4.98. The van der Waals surface area contributed by atoms with E-state index in [-0.39, 0.29) is 0 Å². The van der Waals surface area contributed by atoms with E-state index in [4.69, 9.17) is 4.74 Å². The van der Waals surface area contributed by atoms with Gasteiger partial charge in [0.05, 0.1) is 12.7 Å². The lowest BCUT2D eigenvalue weighted by atomic mass is 9.98. The Labute approximate surface area is 94.8 Å². The maximum Gasteiger partial charge on any atom is 0.0625 e. The molecule has 0 aromatic carbocycles. The molecule has 1 saturated carbocycles. The van der Waals surface area contributed by atoms with Crippen LogP contribution in [-0.2, 0) is 4.74 Å². The molecule has 0 amide bonds. The topological polar surface area (TPSA) is 21.3 Å². The summed E-state index contributed by atoms with van der Waals surface area (Å²) in [7, 11) is 0. The lowest BCUT2D eigenvalue weighted by molar-refractivity contribution is 0.0487. The van der Waals surface area contributed by atoms with Crippen LogP contribution in [0.4, 0.5) is 0 Å². The normalized spacial score (nSPS) is 20.0. The lowest BCUT2D eigenvalue weighted by Crippen LogP contribution is -2.40. The Morgan fingerprint density at radius 2 is 1.93 bits per heavy atom. The Morgan fingerprint density at radius 3 is 2.47 bits per heavy atom. The molecule has 2 heteroatoms. The van der Waals surface area contributed by atoms with Crippen LogP contribution in [0.5, 0.6) is 0 Å². The highest BCUT2D eigenvalue weighted by Crippen LogP contribution is 2.28. The molecule has 0 heterocycles. The van der Waals surface area contributed by atoms with Gasteiger partial charge in [0.1, 0.15) is 0 Å². The summed E-state index contributed by atoms with van der Waals surface area (Å²) >= 11 is 0. The van der Waals surface area contributed by atoms with Crippen LogP contribution >= 0.6 is 0 Å². The third-order valence-corrected chi connectivity index (χ3v) is 3.23. The minimum atomic E-state index is 0.359. The molecule has 1 unspecified atom stereocenters. The van der Waals surface area contributed by atoms with Crippen molar-refractivity contribution in [2.75, 3.05) is 13.2 Å². The number of hydrogen-bond donors (Lipinski definition) is 1. The Bertz CT molecular complexity index is 153. The molecule has 0 aromatic heterocycles. The molecule has 0 bridgehead atoms. The number of hydrogen-bond acceptors (Lipinski definition) is 2. The summed E-state index contributed by atoms with van der Waals surface area (Å²) in [6.45, 7) is 8.48. The van der Waals surface area contributed by atoms with Gasteiger partial charge < -0.3 is 10.1 Å². The van der Waals surface area contributed by atoms with Gasteiger partial charge in [0.15, 0.2) is 0 Å². The second kappa shape index (κ2) is 7.24. The SMILES string of the molecule is CCCNC(COC(C)C)C1CCCC1. The average molecular weight is 213 g/mol. The second-order valence-electron chi connectivity index (χ2n) is 4.99. The van der Waals surface area contributed by atoms with Gasteiger partial charge in [0.2, 0.25) is 0 Å². The Hall–Kier alpha value is -0.0800. The van der Waals surface area contributed by atoms with Gasteiger partial charge in [-0.05, 0) is 45.6 Å². The summed E-state index contributed by atoms with van der Waals surface area (Å²) in [6.07, 6.45) is 7.18. The quantitative estimate of drug-likeness (QED) is 0.702. The van der Waals surface area contributed by atoms with Crippen LogP contribution < -0.4 is 5.32 Å². The van der Waals surface area contributed by atoms with Gasteiger partial charge in [0, 0.05) is 6.04 Å². The summed E-state index contributed by atoms with van der Waals surface area (Å²) in [6, 6.07) is 0.592. The first-order chi connectivity index (χ1) is 7.24. The molecule has 15 heavy (non-hydrogen) atoms. The predicted molar refractivity (Wildman–Crippen MR) is 65.1 cm³/mol. The zero-order valence-electron chi connectivity index (χ0n) is 10.6. The number of ether oxygens (including phenoxy) is 1. The molecule has 0 radical (unpaired) electrons. The number of rotatable bonds is 7. The van der Waals surface area contributed by atoms with Gasteiger partial charge in [-0.3, -0.25) is 0 Å². The minimum absolute atomic E-state index is 0.359. The third-order valence-electron chi connectivity index (χ3n) is 3.23. The maximum atomic E-state index is 5.75. The van der Waals surface area contributed by atoms with Crippen LogP contribution in [0.25, 0.3) is 0 Å². The zero-order chi connectivity index (χ0) is 11.1. The Balaban J connectivity index is 2.30. The fraction of sp³-hybridized carbons (Fsp3) is 1.00. The van der Waals surface area contributed by atoms with Crippen molar-refractivity contribution in [3.05, 3.63) is 0 Å². The molecular formula is C13H27NO. The summed E-state index contributed by atoms with van der Waals surface area (Å²) in [5.74, 6) is 0.857. The van der Waals surface area contributed by atoms with Crippen LogP contribution in [-0.4, -0.2) is 25.3 Å². The molecule has 2 nitrogen and oxygen atoms in total. The molecule has 0 aromatic rings. The van der Waals surface area contributed by atoms with Gasteiger partial charge in [0.25, 0.3) is 0 Å². The van der Waals surface area contributed by atoms with E-state index in [1.54, 1.807) is 0 Å². The molecular weight excluding hydrogens is 186 g/mol. The largest absolute Gasteiger partial charge is 0.377 e. The van der Waals surface area contributed by atoms with Crippen molar-refractivity contribution in [3.8, 4) is 0 Å². The van der Waals surface area contributed by atoms with Gasteiger partial charge in [-0.15, -0.1) is 0 Å². The fourth-order valence-electron chi connectivity index (χ4n) is 2.35. The standard InChI is InChI=1S/C13H27NO/c1-4-9-14-13(10-15-11(2)3)12-7-5-6-8-12/h11-14H,4-10H2,1-3H3. The molecule has 0 aliphatic heterocycles. The van der Waals surface area contributed by atoms with E-state index in [1.165, 1.54) is 32.1 Å². The average Bonchev–Trinajstić information content (AvgIpc) is 2.71. The molecule has 1 atom stereocenters. The second-order valence-corrected chi connectivity index (χ2v) is 4.99. The van der Waals surface area contributed by atoms with Crippen molar-refractivity contribution in [3.63, 3.8) is 0 Å². The van der Waals surface area contributed by atoms with Crippen molar-refractivity contribution in [1.82, 2.24) is 5.32 Å². The lowest BCUT2D eigenvalue weighted by Gasteiger charge is -2.25. The highest BCUT2D eigenvalue weighted by Gasteiger charge is 2.24. The van der Waals surface area contributed by atoms with Crippen molar-refractivity contribution < 1.29 is 4.74 Å². The van der Waals surface area contributed by atoms with Crippen LogP contribution in [0.15, 0.2) is 0 Å². The fourth-order valence-corrected chi connectivity index (χ4v) is 2.35. The first kappa shape index (κ1) is 13.0. The van der Waals surface area contributed by atoms with Crippen LogP contribution in [0, 0.1) is 5.92 Å². The highest BCUT2D eigenvalue weighted by atomic mass is 16.5. The van der Waals surface area contributed by atoms with Gasteiger partial charge in [-0.2, -0.15) is 0 Å². The van der Waals surface area contributed by atoms with Crippen molar-refractivity contribution >= 4 is 0 Å². The van der Waals surface area contributed by atoms with Crippen molar-refractivity contribution in [1.29, 1.82) is 0 Å². The molecule has 1 aliphatic carbocycles. The van der Waals surface area contributed by atoms with Gasteiger partial charge in [-0.1, -0.05) is 19.8 Å². The molecule has 1 fully saturated rings. The Kier molecular flexibility index (Phi) is 6.26. The molecule has 0 saturated heterocycles. The molecule has 1 aliphatic rings. The number of nitrogens with one attached hydrogen (secondary N) is 1. The minimum Gasteiger partial charge on any atom is -0.377 e. The molecule has 1 N–H and O–H groups in total. The van der Waals surface area contributed by atoms with Crippen molar-refractivity contribution in [2.24, 2.45) is 5.92 Å². The van der Waals surface area contributed by atoms with Crippen LogP contribution in [0.1, 0.15) is 52.9 Å². The van der Waals surface area contributed by atoms with E-state index in [1.807, 2.05) is 0 Å². The summed E-state index contributed by atoms with van der Waals surface area (Å²) < 4.78 is 5.75. The first-order valence-electron chi connectivity index (χ1n) is 6.59.